The highest BCUT2D eigenvalue weighted by molar-refractivity contribution is 9.10. The molecule has 8 nitrogen and oxygen atoms in total. The van der Waals surface area contributed by atoms with Gasteiger partial charge in [-0.3, -0.25) is 9.44 Å². The summed E-state index contributed by atoms with van der Waals surface area (Å²) in [4.78, 5) is 0.0307. The lowest BCUT2D eigenvalue weighted by Gasteiger charge is -2.14. The summed E-state index contributed by atoms with van der Waals surface area (Å²) in [5, 5.41) is 0. The third kappa shape index (κ3) is 5.49. The summed E-state index contributed by atoms with van der Waals surface area (Å²) in [6.07, 6.45) is 0. The first-order valence-corrected chi connectivity index (χ1v) is 12.5. The molecule has 0 saturated carbocycles. The Kier molecular flexibility index (Phi) is 6.77. The van der Waals surface area contributed by atoms with E-state index in [2.05, 4.69) is 25.4 Å². The van der Waals surface area contributed by atoms with Crippen molar-refractivity contribution in [3.05, 3.63) is 71.2 Å². The maximum Gasteiger partial charge on any atom is 0.262 e. The molecule has 0 fully saturated rings. The average molecular weight is 527 g/mol. The molecular weight excluding hydrogens is 508 g/mol. The number of sulfonamides is 2. The van der Waals surface area contributed by atoms with Crippen molar-refractivity contribution < 1.29 is 26.3 Å². The minimum absolute atomic E-state index is 0.0519. The fourth-order valence-corrected chi connectivity index (χ4v) is 5.01. The molecule has 0 aliphatic heterocycles. The largest absolute Gasteiger partial charge is 0.497 e. The molecule has 0 radical (unpaired) electrons. The first-order chi connectivity index (χ1) is 14.6. The summed E-state index contributed by atoms with van der Waals surface area (Å²) in [5.74, 6) is 0.777. The van der Waals surface area contributed by atoms with Gasteiger partial charge in [0.25, 0.3) is 20.0 Å². The minimum atomic E-state index is -3.96. The number of nitrogens with one attached hydrogen (secondary N) is 2. The van der Waals surface area contributed by atoms with Gasteiger partial charge in [-0.1, -0.05) is 15.9 Å². The Bertz CT molecular complexity index is 1280. The van der Waals surface area contributed by atoms with Gasteiger partial charge in [0.05, 0.1) is 29.7 Å². The summed E-state index contributed by atoms with van der Waals surface area (Å²) in [5.41, 5.74) is 0.433. The lowest BCUT2D eigenvalue weighted by molar-refractivity contribution is 0.405. The van der Waals surface area contributed by atoms with E-state index in [1.807, 2.05) is 0 Å². The van der Waals surface area contributed by atoms with Crippen LogP contribution in [0.25, 0.3) is 0 Å². The fraction of sp³-hybridized carbons (Fsp3) is 0.100. The van der Waals surface area contributed by atoms with E-state index in [-0.39, 0.29) is 21.2 Å². The molecule has 0 saturated heterocycles. The smallest absolute Gasteiger partial charge is 0.262 e. The van der Waals surface area contributed by atoms with Crippen LogP contribution in [0.15, 0.2) is 81.0 Å². The van der Waals surface area contributed by atoms with Crippen molar-refractivity contribution in [1.82, 2.24) is 0 Å². The SMILES string of the molecule is COc1ccc(OC)c(NS(=O)(=O)c2ccc(NS(=O)(=O)c3ccc(Br)cc3)cc2)c1. The number of anilines is 2. The summed E-state index contributed by atoms with van der Waals surface area (Å²) < 4.78 is 66.4. The minimum Gasteiger partial charge on any atom is -0.497 e. The van der Waals surface area contributed by atoms with Gasteiger partial charge in [0, 0.05) is 16.2 Å². The maximum absolute atomic E-state index is 12.8. The number of benzene rings is 3. The molecule has 0 spiro atoms. The van der Waals surface area contributed by atoms with Crippen LogP contribution < -0.4 is 18.9 Å². The molecule has 2 N–H and O–H groups in total. The van der Waals surface area contributed by atoms with Crippen LogP contribution in [-0.2, 0) is 20.0 Å². The molecule has 11 heteroatoms. The van der Waals surface area contributed by atoms with E-state index in [9.17, 15) is 16.8 Å². The highest BCUT2D eigenvalue weighted by Gasteiger charge is 2.19. The van der Waals surface area contributed by atoms with Crippen molar-refractivity contribution in [3.8, 4) is 11.5 Å². The van der Waals surface area contributed by atoms with E-state index in [0.717, 1.165) is 4.47 Å². The number of hydrogen-bond acceptors (Lipinski definition) is 6. The number of ether oxygens (including phenoxy) is 2. The van der Waals surface area contributed by atoms with Gasteiger partial charge < -0.3 is 9.47 Å². The highest BCUT2D eigenvalue weighted by Crippen LogP contribution is 2.31. The van der Waals surface area contributed by atoms with Crippen molar-refractivity contribution in [1.29, 1.82) is 0 Å². The number of hydrogen-bond donors (Lipinski definition) is 2. The van der Waals surface area contributed by atoms with Crippen molar-refractivity contribution in [3.63, 3.8) is 0 Å². The second kappa shape index (κ2) is 9.16. The second-order valence-electron chi connectivity index (χ2n) is 6.26. The molecule has 0 amide bonds. The first kappa shape index (κ1) is 22.9. The van der Waals surface area contributed by atoms with Gasteiger partial charge in [0.15, 0.2) is 0 Å². The Morgan fingerprint density at radius 3 is 1.81 bits per heavy atom. The molecule has 31 heavy (non-hydrogen) atoms. The van der Waals surface area contributed by atoms with Crippen molar-refractivity contribution in [2.45, 2.75) is 9.79 Å². The number of halogens is 1. The Morgan fingerprint density at radius 2 is 1.26 bits per heavy atom. The van der Waals surface area contributed by atoms with E-state index in [1.54, 1.807) is 24.3 Å². The Balaban J connectivity index is 1.81. The predicted octanol–water partition coefficient (Wildman–Crippen LogP) is 4.07. The van der Waals surface area contributed by atoms with Crippen LogP contribution in [0.2, 0.25) is 0 Å². The van der Waals surface area contributed by atoms with Crippen LogP contribution in [0, 0.1) is 0 Å². The van der Waals surface area contributed by atoms with E-state index in [0.29, 0.717) is 11.5 Å². The van der Waals surface area contributed by atoms with Gasteiger partial charge in [0.1, 0.15) is 11.5 Å². The van der Waals surface area contributed by atoms with Crippen LogP contribution in [0.1, 0.15) is 0 Å². The van der Waals surface area contributed by atoms with Gasteiger partial charge in [-0.25, -0.2) is 16.8 Å². The summed E-state index contributed by atoms with van der Waals surface area (Å²) in [6, 6.07) is 16.2. The summed E-state index contributed by atoms with van der Waals surface area (Å²) in [7, 11) is -4.88. The number of rotatable bonds is 8. The molecule has 0 aliphatic carbocycles. The standard InChI is InChI=1S/C20H19BrN2O6S2/c1-28-16-7-12-20(29-2)19(13-16)23-31(26,27)18-10-5-15(6-11-18)22-30(24,25)17-8-3-14(21)4-9-17/h3-13,22-23H,1-2H3. The fourth-order valence-electron chi connectivity index (χ4n) is 2.63. The lowest BCUT2D eigenvalue weighted by Crippen LogP contribution is -2.15. The predicted molar refractivity (Wildman–Crippen MR) is 122 cm³/mol. The maximum atomic E-state index is 12.8. The highest BCUT2D eigenvalue weighted by atomic mass is 79.9. The van der Waals surface area contributed by atoms with Gasteiger partial charge in [-0.2, -0.15) is 0 Å². The molecule has 3 rings (SSSR count). The molecule has 0 unspecified atom stereocenters. The van der Waals surface area contributed by atoms with Gasteiger partial charge in [-0.15, -0.1) is 0 Å². The quantitative estimate of drug-likeness (QED) is 0.457. The molecule has 164 valence electrons. The van der Waals surface area contributed by atoms with Crippen LogP contribution in [0.3, 0.4) is 0 Å². The lowest BCUT2D eigenvalue weighted by atomic mass is 10.3. The molecular formula is C20H19BrN2O6S2. The van der Waals surface area contributed by atoms with E-state index in [1.165, 1.54) is 56.7 Å². The summed E-state index contributed by atoms with van der Waals surface area (Å²) >= 11 is 3.25. The van der Waals surface area contributed by atoms with E-state index >= 15 is 0 Å². The molecule has 0 aliphatic rings. The van der Waals surface area contributed by atoms with Gasteiger partial charge in [-0.05, 0) is 60.7 Å². The van der Waals surface area contributed by atoms with Crippen LogP contribution in [-0.4, -0.2) is 31.1 Å². The molecule has 0 bridgehead atoms. The molecule has 3 aromatic rings. The van der Waals surface area contributed by atoms with Crippen molar-refractivity contribution >= 4 is 47.4 Å². The Morgan fingerprint density at radius 1 is 0.710 bits per heavy atom. The summed E-state index contributed by atoms with van der Waals surface area (Å²) in [6.45, 7) is 0. The van der Waals surface area contributed by atoms with Gasteiger partial charge in [0.2, 0.25) is 0 Å². The zero-order chi connectivity index (χ0) is 22.6. The monoisotopic (exact) mass is 526 g/mol. The second-order valence-corrected chi connectivity index (χ2v) is 10.5. The molecule has 0 heterocycles. The van der Waals surface area contributed by atoms with Crippen LogP contribution in [0.5, 0.6) is 11.5 Å². The molecule has 3 aromatic carbocycles. The van der Waals surface area contributed by atoms with E-state index in [4.69, 9.17) is 9.47 Å². The zero-order valence-corrected chi connectivity index (χ0v) is 19.7. The Hall–Kier alpha value is -2.76. The molecule has 0 atom stereocenters. The van der Waals surface area contributed by atoms with Gasteiger partial charge >= 0.3 is 0 Å². The van der Waals surface area contributed by atoms with Crippen molar-refractivity contribution in [2.24, 2.45) is 0 Å². The zero-order valence-electron chi connectivity index (χ0n) is 16.5. The number of methoxy groups -OCH3 is 2. The Labute approximate surface area is 189 Å². The average Bonchev–Trinajstić information content (AvgIpc) is 2.74. The van der Waals surface area contributed by atoms with Crippen LogP contribution >= 0.6 is 15.9 Å². The molecule has 0 aromatic heterocycles. The topological polar surface area (TPSA) is 111 Å². The first-order valence-electron chi connectivity index (χ1n) is 8.78. The van der Waals surface area contributed by atoms with E-state index < -0.39 is 20.0 Å². The van der Waals surface area contributed by atoms with Crippen LogP contribution in [0.4, 0.5) is 11.4 Å². The normalized spacial score (nSPS) is 11.6. The third-order valence-electron chi connectivity index (χ3n) is 4.19. The third-order valence-corrected chi connectivity index (χ3v) is 7.50. The van der Waals surface area contributed by atoms with Crippen molar-refractivity contribution in [2.75, 3.05) is 23.7 Å².